The molecule has 0 unspecified atom stereocenters. The highest BCUT2D eigenvalue weighted by Gasteiger charge is 2.11. The molecule has 5 nitrogen and oxygen atoms in total. The van der Waals surface area contributed by atoms with E-state index in [1.165, 1.54) is 6.08 Å². The fraction of sp³-hybridized carbons (Fsp3) is 0.176. The van der Waals surface area contributed by atoms with E-state index < -0.39 is 5.91 Å². The summed E-state index contributed by atoms with van der Waals surface area (Å²) in [7, 11) is 0. The molecule has 0 bridgehead atoms. The van der Waals surface area contributed by atoms with Crippen LogP contribution in [0.15, 0.2) is 46.4 Å². The Bertz CT molecular complexity index is 738. The molecular formula is C17H16N2O3. The van der Waals surface area contributed by atoms with Crippen LogP contribution in [0.25, 0.3) is 6.08 Å². The van der Waals surface area contributed by atoms with Crippen LogP contribution < -0.4 is 10.1 Å². The lowest BCUT2D eigenvalue weighted by molar-refractivity contribution is -0.112. The Labute approximate surface area is 128 Å². The van der Waals surface area contributed by atoms with Crippen LogP contribution >= 0.6 is 0 Å². The van der Waals surface area contributed by atoms with Gasteiger partial charge in [0.15, 0.2) is 0 Å². The number of hydrogen-bond donors (Lipinski definition) is 1. The number of amides is 1. The van der Waals surface area contributed by atoms with Gasteiger partial charge in [0.2, 0.25) is 0 Å². The van der Waals surface area contributed by atoms with Gasteiger partial charge in [-0.2, -0.15) is 5.26 Å². The molecule has 2 aromatic rings. The molecule has 5 heteroatoms. The molecule has 0 atom stereocenters. The Balaban J connectivity index is 2.14. The number of nitrogens with zero attached hydrogens (tertiary/aromatic N) is 1. The van der Waals surface area contributed by atoms with Gasteiger partial charge in [-0.05, 0) is 38.1 Å². The molecule has 2 rings (SSSR count). The zero-order valence-electron chi connectivity index (χ0n) is 12.4. The van der Waals surface area contributed by atoms with Crippen molar-refractivity contribution in [3.05, 3.63) is 53.5 Å². The van der Waals surface area contributed by atoms with Crippen molar-refractivity contribution in [3.8, 4) is 11.8 Å². The molecule has 0 aliphatic rings. The minimum Gasteiger partial charge on any atom is -0.494 e. The molecule has 0 fully saturated rings. The van der Waals surface area contributed by atoms with Crippen LogP contribution in [-0.2, 0) is 4.79 Å². The van der Waals surface area contributed by atoms with E-state index in [1.807, 2.05) is 13.0 Å². The molecule has 1 N–H and O–H groups in total. The standard InChI is InChI=1S/C17H16N2O3/c1-3-21-15-6-4-5-14(10-15)19-17(20)13(11-18)9-16-8-7-12(2)22-16/h4-10H,3H2,1-2H3,(H,19,20)/b13-9+. The summed E-state index contributed by atoms with van der Waals surface area (Å²) in [4.78, 5) is 12.1. The zero-order chi connectivity index (χ0) is 15.9. The zero-order valence-corrected chi connectivity index (χ0v) is 12.4. The second-order valence-electron chi connectivity index (χ2n) is 4.53. The molecule has 112 valence electrons. The number of nitrogens with one attached hydrogen (secondary N) is 1. The molecule has 0 radical (unpaired) electrons. The largest absolute Gasteiger partial charge is 0.494 e. The monoisotopic (exact) mass is 296 g/mol. The maximum absolute atomic E-state index is 12.1. The van der Waals surface area contributed by atoms with Crippen LogP contribution in [0.1, 0.15) is 18.4 Å². The predicted molar refractivity (Wildman–Crippen MR) is 83.3 cm³/mol. The number of carbonyl (C=O) groups excluding carboxylic acids is 1. The minimum atomic E-state index is -0.495. The minimum absolute atomic E-state index is 0.0313. The smallest absolute Gasteiger partial charge is 0.266 e. The highest BCUT2D eigenvalue weighted by Crippen LogP contribution is 2.18. The summed E-state index contributed by atoms with van der Waals surface area (Å²) < 4.78 is 10.7. The first kappa shape index (κ1) is 15.4. The highest BCUT2D eigenvalue weighted by molar-refractivity contribution is 6.09. The fourth-order valence-electron chi connectivity index (χ4n) is 1.85. The number of aryl methyl sites for hydroxylation is 1. The van der Waals surface area contributed by atoms with Crippen LogP contribution in [0, 0.1) is 18.3 Å². The van der Waals surface area contributed by atoms with Crippen molar-refractivity contribution in [3.63, 3.8) is 0 Å². The third kappa shape index (κ3) is 4.00. The number of benzene rings is 1. The third-order valence-corrected chi connectivity index (χ3v) is 2.82. The van der Waals surface area contributed by atoms with Gasteiger partial charge in [0.25, 0.3) is 5.91 Å². The summed E-state index contributed by atoms with van der Waals surface area (Å²) in [5.74, 6) is 1.34. The molecule has 1 heterocycles. The maximum Gasteiger partial charge on any atom is 0.266 e. The molecule has 0 spiro atoms. The molecule has 0 saturated heterocycles. The molecule has 1 aromatic heterocycles. The second-order valence-corrected chi connectivity index (χ2v) is 4.53. The van der Waals surface area contributed by atoms with Crippen LogP contribution in [0.4, 0.5) is 5.69 Å². The first-order chi connectivity index (χ1) is 10.6. The van der Waals surface area contributed by atoms with E-state index in [-0.39, 0.29) is 5.57 Å². The maximum atomic E-state index is 12.1. The number of nitriles is 1. The van der Waals surface area contributed by atoms with Crippen LogP contribution in [-0.4, -0.2) is 12.5 Å². The Kier molecular flexibility index (Phi) is 4.99. The van der Waals surface area contributed by atoms with Gasteiger partial charge in [0.1, 0.15) is 28.9 Å². The summed E-state index contributed by atoms with van der Waals surface area (Å²) in [6.45, 7) is 4.22. The molecular weight excluding hydrogens is 280 g/mol. The van der Waals surface area contributed by atoms with Gasteiger partial charge in [0, 0.05) is 17.8 Å². The summed E-state index contributed by atoms with van der Waals surface area (Å²) in [5, 5.41) is 11.8. The highest BCUT2D eigenvalue weighted by atomic mass is 16.5. The Morgan fingerprint density at radius 1 is 1.41 bits per heavy atom. The van der Waals surface area contributed by atoms with Gasteiger partial charge in [-0.1, -0.05) is 6.07 Å². The average molecular weight is 296 g/mol. The lowest BCUT2D eigenvalue weighted by Gasteiger charge is -2.07. The lowest BCUT2D eigenvalue weighted by atomic mass is 10.2. The van der Waals surface area contributed by atoms with Crippen LogP contribution in [0.3, 0.4) is 0 Å². The van der Waals surface area contributed by atoms with Gasteiger partial charge in [0.05, 0.1) is 6.61 Å². The van der Waals surface area contributed by atoms with E-state index in [2.05, 4.69) is 5.32 Å². The Morgan fingerprint density at radius 2 is 2.23 bits per heavy atom. The summed E-state index contributed by atoms with van der Waals surface area (Å²) in [6, 6.07) is 12.3. The summed E-state index contributed by atoms with van der Waals surface area (Å²) >= 11 is 0. The van der Waals surface area contributed by atoms with Crippen molar-refractivity contribution in [2.75, 3.05) is 11.9 Å². The second kappa shape index (κ2) is 7.14. The van der Waals surface area contributed by atoms with Crippen molar-refractivity contribution in [2.45, 2.75) is 13.8 Å². The number of anilines is 1. The van der Waals surface area contributed by atoms with Gasteiger partial charge in [-0.3, -0.25) is 4.79 Å². The quantitative estimate of drug-likeness (QED) is 0.676. The van der Waals surface area contributed by atoms with Crippen molar-refractivity contribution < 1.29 is 13.9 Å². The van der Waals surface area contributed by atoms with Gasteiger partial charge in [-0.25, -0.2) is 0 Å². The van der Waals surface area contributed by atoms with Crippen LogP contribution in [0.2, 0.25) is 0 Å². The lowest BCUT2D eigenvalue weighted by Crippen LogP contribution is -2.13. The summed E-state index contributed by atoms with van der Waals surface area (Å²) in [6.07, 6.45) is 1.41. The van der Waals surface area contributed by atoms with E-state index in [0.29, 0.717) is 29.6 Å². The topological polar surface area (TPSA) is 75.3 Å². The number of ether oxygens (including phenoxy) is 1. The van der Waals surface area contributed by atoms with E-state index in [4.69, 9.17) is 14.4 Å². The van der Waals surface area contributed by atoms with Crippen LogP contribution in [0.5, 0.6) is 5.75 Å². The predicted octanol–water partition coefficient (Wildman–Crippen LogP) is 3.53. The van der Waals surface area contributed by atoms with Gasteiger partial charge in [-0.15, -0.1) is 0 Å². The number of hydrogen-bond acceptors (Lipinski definition) is 4. The average Bonchev–Trinajstić information content (AvgIpc) is 2.90. The van der Waals surface area contributed by atoms with E-state index in [0.717, 1.165) is 0 Å². The number of carbonyl (C=O) groups is 1. The van der Waals surface area contributed by atoms with Gasteiger partial charge >= 0.3 is 0 Å². The fourth-order valence-corrected chi connectivity index (χ4v) is 1.85. The third-order valence-electron chi connectivity index (χ3n) is 2.82. The van der Waals surface area contributed by atoms with Crippen molar-refractivity contribution in [1.82, 2.24) is 0 Å². The van der Waals surface area contributed by atoms with Crippen molar-refractivity contribution in [1.29, 1.82) is 5.26 Å². The molecule has 0 aliphatic heterocycles. The molecule has 0 aliphatic carbocycles. The molecule has 1 amide bonds. The van der Waals surface area contributed by atoms with E-state index >= 15 is 0 Å². The van der Waals surface area contributed by atoms with Crippen molar-refractivity contribution >= 4 is 17.7 Å². The Hall–Kier alpha value is -3.00. The van der Waals surface area contributed by atoms with E-state index in [1.54, 1.807) is 43.3 Å². The molecule has 1 aromatic carbocycles. The Morgan fingerprint density at radius 3 is 2.86 bits per heavy atom. The van der Waals surface area contributed by atoms with E-state index in [9.17, 15) is 4.79 Å². The first-order valence-corrected chi connectivity index (χ1v) is 6.85. The normalized spacial score (nSPS) is 10.9. The molecule has 0 saturated carbocycles. The SMILES string of the molecule is CCOc1cccc(NC(=O)/C(C#N)=C/c2ccc(C)o2)c1. The number of furan rings is 1. The summed E-state index contributed by atoms with van der Waals surface area (Å²) in [5.41, 5.74) is 0.531. The molecule has 22 heavy (non-hydrogen) atoms. The van der Waals surface area contributed by atoms with Gasteiger partial charge < -0.3 is 14.5 Å². The number of rotatable bonds is 5. The van der Waals surface area contributed by atoms with Crippen molar-refractivity contribution in [2.24, 2.45) is 0 Å². The first-order valence-electron chi connectivity index (χ1n) is 6.85.